The van der Waals surface area contributed by atoms with Gasteiger partial charge in [0.15, 0.2) is 0 Å². The molecule has 2 aromatic rings. The van der Waals surface area contributed by atoms with Gasteiger partial charge in [-0.15, -0.1) is 4.68 Å². The van der Waals surface area contributed by atoms with E-state index < -0.39 is 44.0 Å². The van der Waals surface area contributed by atoms with E-state index in [9.17, 15) is 30.3 Å². The van der Waals surface area contributed by atoms with Crippen LogP contribution in [0.15, 0.2) is 0 Å². The Balaban J connectivity index is 2.73. The molecule has 0 radical (unpaired) electrons. The fourth-order valence-electron chi connectivity index (χ4n) is 1.28. The maximum Gasteiger partial charge on any atom is 0.493 e. The lowest BCUT2D eigenvalue weighted by Gasteiger charge is -2.01. The fourth-order valence-corrected chi connectivity index (χ4v) is 1.28. The van der Waals surface area contributed by atoms with Crippen molar-refractivity contribution in [3.63, 3.8) is 0 Å². The van der Waals surface area contributed by atoms with E-state index in [0.717, 1.165) is 0 Å². The lowest BCUT2D eigenvalue weighted by atomic mass is 10.4. The van der Waals surface area contributed by atoms with Crippen molar-refractivity contribution in [1.29, 1.82) is 0 Å². The summed E-state index contributed by atoms with van der Waals surface area (Å²) in [6.45, 7) is 0. The van der Waals surface area contributed by atoms with Crippen molar-refractivity contribution in [3.05, 3.63) is 30.3 Å². The van der Waals surface area contributed by atoms with Crippen LogP contribution in [0.3, 0.4) is 0 Å². The van der Waals surface area contributed by atoms with Crippen molar-refractivity contribution in [3.8, 4) is 5.69 Å². The molecule has 0 aliphatic rings. The summed E-state index contributed by atoms with van der Waals surface area (Å²) in [7, 11) is 0. The number of rotatable bonds is 4. The number of aromatic nitrogens is 5. The summed E-state index contributed by atoms with van der Waals surface area (Å²) in [5.74, 6) is -3.68. The number of nitrogens with two attached hydrogens (primary N) is 1. The normalized spacial score (nSPS) is 10.4. The Morgan fingerprint density at radius 2 is 1.75 bits per heavy atom. The van der Waals surface area contributed by atoms with E-state index in [1.54, 1.807) is 0 Å². The molecule has 0 saturated heterocycles. The molecule has 2 N–H and O–H groups in total. The third-order valence-corrected chi connectivity index (χ3v) is 2.01. The molecule has 0 amide bonds. The largest absolute Gasteiger partial charge is 0.493 e. The van der Waals surface area contributed by atoms with E-state index in [1.807, 2.05) is 0 Å². The number of nitrogens with zero attached hydrogens (tertiary/aromatic N) is 8. The summed E-state index contributed by atoms with van der Waals surface area (Å²) in [6, 6.07) is 0. The Labute approximate surface area is 106 Å². The molecule has 0 atom stereocenters. The SMILES string of the molecule is Nc1nc([N+](=O)[O-])nn1-c1c([N+](=O)[O-])n[n-]c1[N+](=O)[O-]. The Bertz CT molecular complexity index is 698. The van der Waals surface area contributed by atoms with Gasteiger partial charge in [0, 0.05) is 5.10 Å². The second-order valence-corrected chi connectivity index (χ2v) is 3.15. The maximum atomic E-state index is 10.7. The molecular weight excluding hydrogens is 282 g/mol. The van der Waals surface area contributed by atoms with Gasteiger partial charge in [-0.2, -0.15) is 4.92 Å². The molecule has 0 bridgehead atoms. The highest BCUT2D eigenvalue weighted by Gasteiger charge is 2.34. The Hall–Kier alpha value is -3.65. The zero-order valence-electron chi connectivity index (χ0n) is 9.10. The minimum absolute atomic E-state index is 0.369. The van der Waals surface area contributed by atoms with Crippen molar-refractivity contribution < 1.29 is 14.8 Å². The van der Waals surface area contributed by atoms with Crippen LogP contribution < -0.4 is 10.8 Å². The summed E-state index contributed by atoms with van der Waals surface area (Å²) in [6.07, 6.45) is 0. The predicted molar refractivity (Wildman–Crippen MR) is 56.8 cm³/mol. The summed E-state index contributed by atoms with van der Waals surface area (Å²) >= 11 is 0. The van der Waals surface area contributed by atoms with Crippen LogP contribution >= 0.6 is 0 Å². The molecule has 15 nitrogen and oxygen atoms in total. The zero-order valence-corrected chi connectivity index (χ0v) is 9.10. The smallest absolute Gasteiger partial charge is 0.459 e. The standard InChI is InChI=1S/C5H2N9O6/c6-4-7-5(14(19)20)10-11(4)1-2(12(15)16)8-9-3(1)13(17)18/h(H2-,6,7,8,9,10)/q-1. The van der Waals surface area contributed by atoms with Crippen molar-refractivity contribution in [2.75, 3.05) is 5.73 Å². The zero-order chi connectivity index (χ0) is 15.0. The molecule has 2 rings (SSSR count). The van der Waals surface area contributed by atoms with E-state index in [2.05, 4.69) is 20.3 Å². The van der Waals surface area contributed by atoms with Gasteiger partial charge in [0.2, 0.25) is 11.5 Å². The van der Waals surface area contributed by atoms with Crippen LogP contribution in [0.5, 0.6) is 0 Å². The maximum absolute atomic E-state index is 10.7. The minimum atomic E-state index is -1.07. The first-order valence-corrected chi connectivity index (χ1v) is 4.52. The number of nitro groups is 3. The lowest BCUT2D eigenvalue weighted by molar-refractivity contribution is -0.395. The van der Waals surface area contributed by atoms with Crippen LogP contribution in [0.25, 0.3) is 5.69 Å². The number of hydrogen-bond donors (Lipinski definition) is 1. The molecule has 0 aromatic carbocycles. The van der Waals surface area contributed by atoms with Crippen LogP contribution in [0.1, 0.15) is 0 Å². The first-order chi connectivity index (χ1) is 9.32. The van der Waals surface area contributed by atoms with Crippen LogP contribution in [0, 0.1) is 30.3 Å². The predicted octanol–water partition coefficient (Wildman–Crippen LogP) is -1.07. The van der Waals surface area contributed by atoms with Gasteiger partial charge in [-0.25, -0.2) is 0 Å². The third kappa shape index (κ3) is 1.83. The van der Waals surface area contributed by atoms with Crippen molar-refractivity contribution >= 4 is 23.5 Å². The Morgan fingerprint density at radius 3 is 2.20 bits per heavy atom. The molecule has 0 spiro atoms. The highest BCUT2D eigenvalue weighted by atomic mass is 16.6. The average molecular weight is 284 g/mol. The summed E-state index contributed by atoms with van der Waals surface area (Å²) < 4.78 is 0.369. The molecule has 104 valence electrons. The summed E-state index contributed by atoms with van der Waals surface area (Å²) in [5.41, 5.74) is 4.49. The van der Waals surface area contributed by atoms with E-state index in [0.29, 0.717) is 4.68 Å². The molecular formula is C5H2N9O6-. The Kier molecular flexibility index (Phi) is 2.70. The lowest BCUT2D eigenvalue weighted by Crippen LogP contribution is -2.07. The second kappa shape index (κ2) is 4.23. The number of anilines is 1. The molecule has 0 aliphatic heterocycles. The van der Waals surface area contributed by atoms with Crippen molar-refractivity contribution in [1.82, 2.24) is 25.0 Å². The first kappa shape index (κ1) is 12.8. The molecule has 15 heteroatoms. The van der Waals surface area contributed by atoms with Crippen molar-refractivity contribution in [2.24, 2.45) is 0 Å². The quantitative estimate of drug-likeness (QED) is 0.526. The molecule has 0 unspecified atom stereocenters. The van der Waals surface area contributed by atoms with Crippen molar-refractivity contribution in [2.45, 2.75) is 0 Å². The number of hydrogen-bond acceptors (Lipinski definition) is 10. The highest BCUT2D eigenvalue weighted by molar-refractivity contribution is 5.60. The van der Waals surface area contributed by atoms with E-state index in [-0.39, 0.29) is 0 Å². The van der Waals surface area contributed by atoms with Gasteiger partial charge < -0.3 is 36.1 Å². The molecule has 0 fully saturated rings. The molecule has 2 aromatic heterocycles. The third-order valence-electron chi connectivity index (χ3n) is 2.01. The molecule has 20 heavy (non-hydrogen) atoms. The van der Waals surface area contributed by atoms with Gasteiger partial charge in [0.1, 0.15) is 0 Å². The monoisotopic (exact) mass is 284 g/mol. The molecule has 2 heterocycles. The summed E-state index contributed by atoms with van der Waals surface area (Å²) in [5, 5.41) is 41.2. The van der Waals surface area contributed by atoms with Gasteiger partial charge in [-0.3, -0.25) is 0 Å². The first-order valence-electron chi connectivity index (χ1n) is 4.52. The van der Waals surface area contributed by atoms with Gasteiger partial charge in [-0.1, -0.05) is 0 Å². The number of nitrogen functional groups attached to an aromatic ring is 1. The Morgan fingerprint density at radius 1 is 1.10 bits per heavy atom. The van der Waals surface area contributed by atoms with Crippen LogP contribution in [-0.4, -0.2) is 34.6 Å². The van der Waals surface area contributed by atoms with E-state index in [4.69, 9.17) is 5.73 Å². The second-order valence-electron chi connectivity index (χ2n) is 3.15. The minimum Gasteiger partial charge on any atom is -0.459 e. The van der Waals surface area contributed by atoms with E-state index >= 15 is 0 Å². The van der Waals surface area contributed by atoms with Crippen LogP contribution in [0.4, 0.5) is 23.5 Å². The summed E-state index contributed by atoms with van der Waals surface area (Å²) in [4.78, 5) is 32.0. The van der Waals surface area contributed by atoms with Gasteiger partial charge >= 0.3 is 17.7 Å². The fraction of sp³-hybridized carbons (Fsp3) is 0. The molecule has 0 saturated carbocycles. The van der Waals surface area contributed by atoms with Gasteiger partial charge in [0.25, 0.3) is 0 Å². The van der Waals surface area contributed by atoms with Crippen LogP contribution in [-0.2, 0) is 0 Å². The van der Waals surface area contributed by atoms with Crippen LogP contribution in [0.2, 0.25) is 0 Å². The van der Waals surface area contributed by atoms with Gasteiger partial charge in [-0.05, 0) is 19.9 Å². The highest BCUT2D eigenvalue weighted by Crippen LogP contribution is 2.30. The molecule has 0 aliphatic carbocycles. The average Bonchev–Trinajstić information content (AvgIpc) is 2.91. The van der Waals surface area contributed by atoms with E-state index in [1.165, 1.54) is 0 Å². The van der Waals surface area contributed by atoms with Gasteiger partial charge in [0.05, 0.1) is 5.10 Å². The topological polar surface area (TPSA) is 213 Å².